The van der Waals surface area contributed by atoms with Crippen molar-refractivity contribution in [3.8, 4) is 0 Å². The number of anilines is 5. The minimum Gasteiger partial charge on any atom is -0.383 e. The largest absolute Gasteiger partial charge is 0.383 e. The summed E-state index contributed by atoms with van der Waals surface area (Å²) in [5.74, 6) is 0. The Morgan fingerprint density at radius 3 is 1.83 bits per heavy atom. The van der Waals surface area contributed by atoms with E-state index in [0.717, 1.165) is 40.5 Å². The molecule has 0 bridgehead atoms. The molecule has 0 aliphatic rings. The topological polar surface area (TPSA) is 39.3 Å². The molecule has 0 atom stereocenters. The van der Waals surface area contributed by atoms with Crippen LogP contribution in [-0.2, 0) is 0 Å². The van der Waals surface area contributed by atoms with E-state index < -0.39 is 0 Å². The Balaban J connectivity index is 1.57. The second kappa shape index (κ2) is 16.0. The highest BCUT2D eigenvalue weighted by molar-refractivity contribution is 6.27. The number of benzene rings is 3. The molecule has 5 heteroatoms. The van der Waals surface area contributed by atoms with Crippen LogP contribution in [0, 0.1) is 6.92 Å². The summed E-state index contributed by atoms with van der Waals surface area (Å²) in [4.78, 5) is 0. The van der Waals surface area contributed by atoms with Gasteiger partial charge in [0.25, 0.3) is 0 Å². The zero-order valence-corrected chi connectivity index (χ0v) is 22.8. The van der Waals surface area contributed by atoms with Crippen molar-refractivity contribution in [2.75, 3.05) is 27.1 Å². The first-order chi connectivity index (χ1) is 17.7. The van der Waals surface area contributed by atoms with E-state index in [4.69, 9.17) is 11.8 Å². The summed E-state index contributed by atoms with van der Waals surface area (Å²) < 4.78 is 1.56. The summed E-state index contributed by atoms with van der Waals surface area (Å²) in [6.45, 7) is 5.35. The van der Waals surface area contributed by atoms with Crippen LogP contribution in [0.2, 0.25) is 0 Å². The van der Waals surface area contributed by atoms with Gasteiger partial charge in [0, 0.05) is 29.6 Å². The highest BCUT2D eigenvalue weighted by Gasteiger charge is 2.15. The van der Waals surface area contributed by atoms with Gasteiger partial charge in [-0.05, 0) is 49.7 Å². The van der Waals surface area contributed by atoms with Crippen LogP contribution in [0.3, 0.4) is 0 Å². The number of para-hydroxylation sites is 2. The van der Waals surface area contributed by atoms with Gasteiger partial charge in [-0.25, -0.2) is 0 Å². The molecular formula is C31H43ClN4. The number of hydrogen-bond acceptors (Lipinski definition) is 4. The first kappa shape index (κ1) is 27.7. The highest BCUT2D eigenvalue weighted by Crippen LogP contribution is 2.36. The van der Waals surface area contributed by atoms with E-state index in [1.54, 1.807) is 4.53 Å². The fourth-order valence-corrected chi connectivity index (χ4v) is 4.69. The number of unbranched alkanes of at least 4 members (excludes halogenated alkanes) is 9. The van der Waals surface area contributed by atoms with E-state index in [1.165, 1.54) is 64.2 Å². The van der Waals surface area contributed by atoms with Crippen LogP contribution in [0.4, 0.5) is 28.4 Å². The lowest BCUT2D eigenvalue weighted by atomic mass is 10.1. The molecule has 4 nitrogen and oxygen atoms in total. The Bertz CT molecular complexity index is 994. The average molecular weight is 507 g/mol. The maximum Gasteiger partial charge on any atom is 0.0812 e. The van der Waals surface area contributed by atoms with Crippen molar-refractivity contribution in [1.29, 1.82) is 0 Å². The van der Waals surface area contributed by atoms with Crippen LogP contribution in [0.25, 0.3) is 0 Å². The maximum absolute atomic E-state index is 6.67. The predicted octanol–water partition coefficient (Wildman–Crippen LogP) is 10.1. The van der Waals surface area contributed by atoms with Gasteiger partial charge in [-0.1, -0.05) is 101 Å². The van der Waals surface area contributed by atoms with E-state index >= 15 is 0 Å². The molecule has 0 saturated carbocycles. The molecule has 194 valence electrons. The fourth-order valence-electron chi connectivity index (χ4n) is 4.41. The molecule has 3 rings (SSSR count). The van der Waals surface area contributed by atoms with Crippen LogP contribution in [0.5, 0.6) is 0 Å². The summed E-state index contributed by atoms with van der Waals surface area (Å²) in [6.07, 6.45) is 13.5. The molecule has 0 aromatic heterocycles. The van der Waals surface area contributed by atoms with Gasteiger partial charge in [0.15, 0.2) is 0 Å². The Labute approximate surface area is 223 Å². The standard InChI is InChI=1S/C31H43ClN4/c1-3-4-5-6-7-8-9-10-11-18-25-33-29-23-24-30(36(32)35-28-21-16-13-17-22-28)26(2)31(29)34-27-19-14-12-15-20-27/h12-17,19-24,33-35H,3-11,18,25H2,1-2H3. The van der Waals surface area contributed by atoms with Gasteiger partial charge in [0.2, 0.25) is 0 Å². The van der Waals surface area contributed by atoms with Crippen LogP contribution in [0.15, 0.2) is 72.8 Å². The molecule has 0 unspecified atom stereocenters. The van der Waals surface area contributed by atoms with Crippen molar-refractivity contribution in [1.82, 2.24) is 0 Å². The molecule has 0 aliphatic carbocycles. The zero-order chi connectivity index (χ0) is 25.4. The molecule has 36 heavy (non-hydrogen) atoms. The van der Waals surface area contributed by atoms with E-state index in [2.05, 4.69) is 54.2 Å². The minimum atomic E-state index is 0.906. The van der Waals surface area contributed by atoms with E-state index in [-0.39, 0.29) is 0 Å². The summed E-state index contributed by atoms with van der Waals surface area (Å²) >= 11 is 6.67. The number of nitrogens with zero attached hydrogens (tertiary/aromatic N) is 1. The maximum atomic E-state index is 6.67. The molecule has 0 spiro atoms. The minimum absolute atomic E-state index is 0.906. The quantitative estimate of drug-likeness (QED) is 0.0966. The van der Waals surface area contributed by atoms with Gasteiger partial charge >= 0.3 is 0 Å². The lowest BCUT2D eigenvalue weighted by Gasteiger charge is -2.24. The molecule has 0 fully saturated rings. The zero-order valence-electron chi connectivity index (χ0n) is 22.0. The number of rotatable bonds is 17. The SMILES string of the molecule is CCCCCCCCCCCCNc1ccc(N(Cl)Nc2ccccc2)c(C)c1Nc1ccccc1. The second-order valence-corrected chi connectivity index (χ2v) is 9.83. The molecule has 3 aromatic rings. The molecule has 0 aliphatic heterocycles. The molecule has 0 amide bonds. The summed E-state index contributed by atoms with van der Waals surface area (Å²) in [5.41, 5.74) is 9.37. The highest BCUT2D eigenvalue weighted by atomic mass is 35.5. The van der Waals surface area contributed by atoms with Gasteiger partial charge in [-0.3, -0.25) is 5.43 Å². The van der Waals surface area contributed by atoms with Crippen LogP contribution >= 0.6 is 11.8 Å². The summed E-state index contributed by atoms with van der Waals surface area (Å²) in [5, 5.41) is 7.28. The van der Waals surface area contributed by atoms with Crippen molar-refractivity contribution in [2.45, 2.75) is 78.1 Å². The van der Waals surface area contributed by atoms with Crippen molar-refractivity contribution in [2.24, 2.45) is 0 Å². The Kier molecular flexibility index (Phi) is 12.3. The first-order valence-corrected chi connectivity index (χ1v) is 14.0. The fraction of sp³-hybridized carbons (Fsp3) is 0.419. The predicted molar refractivity (Wildman–Crippen MR) is 160 cm³/mol. The molecular weight excluding hydrogens is 464 g/mol. The third-order valence-corrected chi connectivity index (χ3v) is 6.80. The van der Waals surface area contributed by atoms with Gasteiger partial charge in [-0.15, -0.1) is 0 Å². The van der Waals surface area contributed by atoms with Crippen LogP contribution in [0.1, 0.15) is 76.7 Å². The van der Waals surface area contributed by atoms with Gasteiger partial charge < -0.3 is 10.6 Å². The number of nitrogens with one attached hydrogen (secondary N) is 3. The molecule has 3 N–H and O–H groups in total. The lowest BCUT2D eigenvalue weighted by molar-refractivity contribution is 0.560. The van der Waals surface area contributed by atoms with Gasteiger partial charge in [-0.2, -0.15) is 4.53 Å². The molecule has 0 radical (unpaired) electrons. The second-order valence-electron chi connectivity index (χ2n) is 9.49. The van der Waals surface area contributed by atoms with Crippen LogP contribution in [-0.4, -0.2) is 6.54 Å². The van der Waals surface area contributed by atoms with E-state index in [1.807, 2.05) is 48.5 Å². The Hall–Kier alpha value is -2.85. The third-order valence-electron chi connectivity index (χ3n) is 6.54. The third kappa shape index (κ3) is 9.31. The normalized spacial score (nSPS) is 10.8. The lowest BCUT2D eigenvalue weighted by Crippen LogP contribution is -2.20. The Morgan fingerprint density at radius 1 is 0.667 bits per heavy atom. The van der Waals surface area contributed by atoms with Gasteiger partial charge in [0.1, 0.15) is 0 Å². The molecule has 0 heterocycles. The number of hydrazine groups is 1. The van der Waals surface area contributed by atoms with Crippen molar-refractivity contribution < 1.29 is 0 Å². The van der Waals surface area contributed by atoms with E-state index in [9.17, 15) is 0 Å². The monoisotopic (exact) mass is 506 g/mol. The molecule has 0 saturated heterocycles. The number of halogens is 1. The first-order valence-electron chi connectivity index (χ1n) is 13.7. The molecule has 3 aromatic carbocycles. The average Bonchev–Trinajstić information content (AvgIpc) is 2.90. The van der Waals surface area contributed by atoms with Crippen LogP contribution < -0.4 is 20.6 Å². The number of hydrogen-bond donors (Lipinski definition) is 3. The van der Waals surface area contributed by atoms with Crippen molar-refractivity contribution >= 4 is 40.2 Å². The summed E-state index contributed by atoms with van der Waals surface area (Å²) in [7, 11) is 0. The smallest absolute Gasteiger partial charge is 0.0812 e. The van der Waals surface area contributed by atoms with Crippen molar-refractivity contribution in [3.63, 3.8) is 0 Å². The Morgan fingerprint density at radius 2 is 1.22 bits per heavy atom. The van der Waals surface area contributed by atoms with Gasteiger partial charge in [0.05, 0.1) is 22.7 Å². The van der Waals surface area contributed by atoms with Crippen molar-refractivity contribution in [3.05, 3.63) is 78.4 Å². The van der Waals surface area contributed by atoms with E-state index in [0.29, 0.717) is 0 Å². The summed E-state index contributed by atoms with van der Waals surface area (Å²) in [6, 6.07) is 24.4.